The lowest BCUT2D eigenvalue weighted by atomic mass is 9.81. The molecule has 0 fully saturated rings. The van der Waals surface area contributed by atoms with Crippen LogP contribution in [0.2, 0.25) is 0 Å². The van der Waals surface area contributed by atoms with Crippen molar-refractivity contribution in [3.8, 4) is 0 Å². The minimum atomic E-state index is -4.58. The predicted octanol–water partition coefficient (Wildman–Crippen LogP) is 3.15. The molecule has 0 amide bonds. The average Bonchev–Trinajstić information content (AvgIpc) is 2.97. The second kappa shape index (κ2) is 6.23. The first-order valence-corrected chi connectivity index (χ1v) is 7.34. The van der Waals surface area contributed by atoms with E-state index >= 15 is 0 Å². The molecule has 0 radical (unpaired) electrons. The van der Waals surface area contributed by atoms with Gasteiger partial charge in [0.2, 0.25) is 5.96 Å². The van der Waals surface area contributed by atoms with Gasteiger partial charge < -0.3 is 15.9 Å². The topological polar surface area (TPSA) is 89.9 Å². The SMILES string of the molecule is NC(N)=NN=C1CC(c2ccc(F)cc2)Cc2occ(C(F)(F)F)c21. The van der Waals surface area contributed by atoms with Crippen molar-refractivity contribution in [2.75, 3.05) is 0 Å². The van der Waals surface area contributed by atoms with Crippen LogP contribution in [0.4, 0.5) is 17.6 Å². The van der Waals surface area contributed by atoms with Gasteiger partial charge in [-0.15, -0.1) is 5.10 Å². The second-order valence-corrected chi connectivity index (χ2v) is 5.67. The van der Waals surface area contributed by atoms with E-state index in [1.165, 1.54) is 12.1 Å². The van der Waals surface area contributed by atoms with Crippen molar-refractivity contribution in [3.05, 3.63) is 58.8 Å². The van der Waals surface area contributed by atoms with Gasteiger partial charge in [-0.2, -0.15) is 18.3 Å². The number of guanidine groups is 1. The van der Waals surface area contributed by atoms with E-state index in [1.807, 2.05) is 0 Å². The van der Waals surface area contributed by atoms with E-state index in [0.717, 1.165) is 5.56 Å². The number of benzene rings is 1. The van der Waals surface area contributed by atoms with E-state index in [0.29, 0.717) is 6.26 Å². The summed E-state index contributed by atoms with van der Waals surface area (Å²) >= 11 is 0. The van der Waals surface area contributed by atoms with E-state index in [4.69, 9.17) is 15.9 Å². The van der Waals surface area contributed by atoms with Gasteiger partial charge in [0, 0.05) is 6.42 Å². The Labute approximate surface area is 140 Å². The summed E-state index contributed by atoms with van der Waals surface area (Å²) in [5.41, 5.74) is 10.2. The molecule has 3 rings (SSSR count). The summed E-state index contributed by atoms with van der Waals surface area (Å²) < 4.78 is 57.9. The van der Waals surface area contributed by atoms with Gasteiger partial charge in [0.05, 0.1) is 11.3 Å². The summed E-state index contributed by atoms with van der Waals surface area (Å²) in [5.74, 6) is -0.840. The van der Waals surface area contributed by atoms with Crippen LogP contribution in [0, 0.1) is 5.82 Å². The van der Waals surface area contributed by atoms with Crippen LogP contribution in [0.1, 0.15) is 34.8 Å². The van der Waals surface area contributed by atoms with E-state index in [9.17, 15) is 17.6 Å². The molecule has 1 aromatic carbocycles. The highest BCUT2D eigenvalue weighted by atomic mass is 19.4. The standard InChI is InChI=1S/C16H14F4N4O/c17-10-3-1-8(2-4-10)9-5-12(23-24-15(21)22)14-11(16(18,19)20)7-25-13(14)6-9/h1-4,7,9H,5-6H2,(H4,21,22,24). The third-order valence-electron chi connectivity index (χ3n) is 3.96. The average molecular weight is 354 g/mol. The molecule has 1 heterocycles. The zero-order chi connectivity index (χ0) is 18.2. The molecular weight excluding hydrogens is 340 g/mol. The number of rotatable bonds is 2. The molecule has 4 N–H and O–H groups in total. The highest BCUT2D eigenvalue weighted by Gasteiger charge is 2.41. The minimum absolute atomic E-state index is 0.0741. The number of halogens is 4. The molecule has 132 valence electrons. The number of hydrogen-bond acceptors (Lipinski definition) is 3. The van der Waals surface area contributed by atoms with Gasteiger partial charge in [0.15, 0.2) is 0 Å². The van der Waals surface area contributed by atoms with Crippen LogP contribution in [0.3, 0.4) is 0 Å². The smallest absolute Gasteiger partial charge is 0.420 e. The van der Waals surface area contributed by atoms with Crippen molar-refractivity contribution in [2.45, 2.75) is 24.9 Å². The van der Waals surface area contributed by atoms with Gasteiger partial charge in [-0.05, 0) is 30.0 Å². The van der Waals surface area contributed by atoms with Crippen LogP contribution in [0.15, 0.2) is 45.1 Å². The summed E-state index contributed by atoms with van der Waals surface area (Å²) in [6, 6.07) is 5.75. The summed E-state index contributed by atoms with van der Waals surface area (Å²) in [6.07, 6.45) is -3.52. The molecule has 5 nitrogen and oxygen atoms in total. The Morgan fingerprint density at radius 1 is 1.12 bits per heavy atom. The van der Waals surface area contributed by atoms with Crippen molar-refractivity contribution in [1.82, 2.24) is 0 Å². The molecule has 1 unspecified atom stereocenters. The third-order valence-corrected chi connectivity index (χ3v) is 3.96. The van der Waals surface area contributed by atoms with Crippen molar-refractivity contribution < 1.29 is 22.0 Å². The van der Waals surface area contributed by atoms with E-state index in [2.05, 4.69) is 10.2 Å². The largest absolute Gasteiger partial charge is 0.468 e. The summed E-state index contributed by atoms with van der Waals surface area (Å²) in [4.78, 5) is 0. The van der Waals surface area contributed by atoms with Gasteiger partial charge >= 0.3 is 6.18 Å². The molecule has 25 heavy (non-hydrogen) atoms. The van der Waals surface area contributed by atoms with E-state index in [-0.39, 0.29) is 41.8 Å². The van der Waals surface area contributed by atoms with Crippen LogP contribution < -0.4 is 11.5 Å². The molecular formula is C16H14F4N4O. The monoisotopic (exact) mass is 354 g/mol. The lowest BCUT2D eigenvalue weighted by Gasteiger charge is -2.23. The maximum Gasteiger partial charge on any atom is 0.420 e. The molecule has 0 bridgehead atoms. The predicted molar refractivity (Wildman–Crippen MR) is 83.5 cm³/mol. The molecule has 0 aliphatic heterocycles. The number of furan rings is 1. The van der Waals surface area contributed by atoms with Crippen LogP contribution in [0.5, 0.6) is 0 Å². The lowest BCUT2D eigenvalue weighted by Crippen LogP contribution is -2.24. The fourth-order valence-corrected chi connectivity index (χ4v) is 2.88. The van der Waals surface area contributed by atoms with Gasteiger partial charge in [0.1, 0.15) is 23.4 Å². The number of nitrogens with zero attached hydrogens (tertiary/aromatic N) is 2. The summed E-state index contributed by atoms with van der Waals surface area (Å²) in [7, 11) is 0. The number of alkyl halides is 3. The van der Waals surface area contributed by atoms with Crippen molar-refractivity contribution >= 4 is 11.7 Å². The number of fused-ring (bicyclic) bond motifs is 1. The summed E-state index contributed by atoms with van der Waals surface area (Å²) in [6.45, 7) is 0. The Morgan fingerprint density at radius 3 is 2.40 bits per heavy atom. The number of hydrogen-bond donors (Lipinski definition) is 2. The van der Waals surface area contributed by atoms with E-state index < -0.39 is 17.6 Å². The van der Waals surface area contributed by atoms with E-state index in [1.54, 1.807) is 12.1 Å². The van der Waals surface area contributed by atoms with Crippen LogP contribution >= 0.6 is 0 Å². The van der Waals surface area contributed by atoms with Crippen LogP contribution in [-0.4, -0.2) is 11.7 Å². The van der Waals surface area contributed by atoms with Crippen molar-refractivity contribution in [3.63, 3.8) is 0 Å². The first-order valence-electron chi connectivity index (χ1n) is 7.34. The molecule has 1 aromatic heterocycles. The Balaban J connectivity index is 2.06. The Bertz CT molecular complexity index is 833. The van der Waals surface area contributed by atoms with Crippen LogP contribution in [0.25, 0.3) is 0 Å². The molecule has 0 spiro atoms. The molecule has 1 atom stereocenters. The van der Waals surface area contributed by atoms with Gasteiger partial charge in [-0.25, -0.2) is 4.39 Å². The second-order valence-electron chi connectivity index (χ2n) is 5.67. The highest BCUT2D eigenvalue weighted by Crippen LogP contribution is 2.41. The first kappa shape index (κ1) is 17.0. The maximum atomic E-state index is 13.2. The fraction of sp³-hybridized carbons (Fsp3) is 0.250. The minimum Gasteiger partial charge on any atom is -0.468 e. The molecule has 0 saturated carbocycles. The zero-order valence-corrected chi connectivity index (χ0v) is 12.8. The third kappa shape index (κ3) is 3.49. The molecule has 2 aromatic rings. The Hall–Kier alpha value is -2.84. The lowest BCUT2D eigenvalue weighted by molar-refractivity contribution is -0.138. The Kier molecular flexibility index (Phi) is 4.23. The molecule has 1 aliphatic carbocycles. The van der Waals surface area contributed by atoms with Crippen molar-refractivity contribution in [2.24, 2.45) is 21.7 Å². The normalized spacial score (nSPS) is 18.9. The summed E-state index contributed by atoms with van der Waals surface area (Å²) in [5, 5.41) is 7.27. The highest BCUT2D eigenvalue weighted by molar-refractivity contribution is 6.04. The number of nitrogens with two attached hydrogens (primary N) is 2. The van der Waals surface area contributed by atoms with Gasteiger partial charge in [-0.3, -0.25) is 0 Å². The van der Waals surface area contributed by atoms with Gasteiger partial charge in [-0.1, -0.05) is 12.1 Å². The van der Waals surface area contributed by atoms with Crippen molar-refractivity contribution in [1.29, 1.82) is 0 Å². The quantitative estimate of drug-likeness (QED) is 0.376. The van der Waals surface area contributed by atoms with Gasteiger partial charge in [0.25, 0.3) is 0 Å². The molecule has 9 heteroatoms. The fourth-order valence-electron chi connectivity index (χ4n) is 2.88. The van der Waals surface area contributed by atoms with Crippen LogP contribution in [-0.2, 0) is 12.6 Å². The molecule has 0 saturated heterocycles. The zero-order valence-electron chi connectivity index (χ0n) is 12.8. The molecule has 1 aliphatic rings. The maximum absolute atomic E-state index is 13.2. The Morgan fingerprint density at radius 2 is 1.80 bits per heavy atom. The first-order chi connectivity index (χ1) is 11.8.